The number of esters is 1. The van der Waals surface area contributed by atoms with Crippen LogP contribution in [0.4, 0.5) is 11.4 Å². The van der Waals surface area contributed by atoms with Gasteiger partial charge in [-0.3, -0.25) is 19.7 Å². The van der Waals surface area contributed by atoms with Crippen LogP contribution in [0.5, 0.6) is 0 Å². The molecule has 0 bridgehead atoms. The van der Waals surface area contributed by atoms with Crippen molar-refractivity contribution in [3.8, 4) is 0 Å². The molecule has 2 rings (SSSR count). The molecule has 130 valence electrons. The van der Waals surface area contributed by atoms with Crippen LogP contribution >= 0.6 is 0 Å². The van der Waals surface area contributed by atoms with Crippen LogP contribution in [0.3, 0.4) is 0 Å². The van der Waals surface area contributed by atoms with E-state index in [1.54, 1.807) is 0 Å². The largest absolute Gasteiger partial charge is 0.461 e. The van der Waals surface area contributed by atoms with Crippen LogP contribution in [-0.4, -0.2) is 22.8 Å². The summed E-state index contributed by atoms with van der Waals surface area (Å²) in [5, 5.41) is 13.1. The van der Waals surface area contributed by atoms with Gasteiger partial charge in [-0.25, -0.2) is 0 Å². The van der Waals surface area contributed by atoms with E-state index in [1.807, 2.05) is 30.3 Å². The number of rotatable bonds is 7. The van der Waals surface area contributed by atoms with Crippen LogP contribution in [0.1, 0.15) is 12.0 Å². The lowest BCUT2D eigenvalue weighted by atomic mass is 10.2. The number of nitro groups is 1. The highest BCUT2D eigenvalue weighted by atomic mass is 16.6. The van der Waals surface area contributed by atoms with Gasteiger partial charge in [0.1, 0.15) is 6.61 Å². The molecule has 0 saturated carbocycles. The Morgan fingerprint density at radius 2 is 1.76 bits per heavy atom. The first kappa shape index (κ1) is 18.1. The number of nitrogens with one attached hydrogen (secondary N) is 1. The summed E-state index contributed by atoms with van der Waals surface area (Å²) in [5.41, 5.74) is 6.78. The highest BCUT2D eigenvalue weighted by molar-refractivity contribution is 5.96. The van der Waals surface area contributed by atoms with Crippen LogP contribution in [0.25, 0.3) is 0 Å². The summed E-state index contributed by atoms with van der Waals surface area (Å²) in [6.07, 6.45) is -0.272. The molecule has 0 fully saturated rings. The third-order valence-electron chi connectivity index (χ3n) is 3.31. The van der Waals surface area contributed by atoms with Crippen molar-refractivity contribution in [3.63, 3.8) is 0 Å². The predicted molar refractivity (Wildman–Crippen MR) is 90.6 cm³/mol. The van der Waals surface area contributed by atoms with E-state index in [0.29, 0.717) is 5.69 Å². The zero-order valence-corrected chi connectivity index (χ0v) is 13.3. The predicted octanol–water partition coefficient (Wildman–Crippen LogP) is 1.99. The van der Waals surface area contributed by atoms with Gasteiger partial charge >= 0.3 is 5.97 Å². The second-order valence-electron chi connectivity index (χ2n) is 5.25. The zero-order valence-electron chi connectivity index (χ0n) is 13.3. The van der Waals surface area contributed by atoms with E-state index in [4.69, 9.17) is 10.5 Å². The van der Waals surface area contributed by atoms with Crippen molar-refractivity contribution < 1.29 is 19.2 Å². The number of carbonyl (C=O) groups is 2. The van der Waals surface area contributed by atoms with E-state index in [1.165, 1.54) is 24.3 Å². The minimum atomic E-state index is -1.08. The summed E-state index contributed by atoms with van der Waals surface area (Å²) in [5.74, 6) is -1.17. The molecular formula is C17H17N3O5. The first-order valence-electron chi connectivity index (χ1n) is 7.46. The topological polar surface area (TPSA) is 125 Å². The first-order valence-corrected chi connectivity index (χ1v) is 7.46. The number of benzene rings is 2. The maximum Gasteiger partial charge on any atom is 0.308 e. The maximum absolute atomic E-state index is 12.0. The molecule has 8 nitrogen and oxygen atoms in total. The third kappa shape index (κ3) is 5.70. The van der Waals surface area contributed by atoms with Gasteiger partial charge in [-0.15, -0.1) is 0 Å². The average Bonchev–Trinajstić information content (AvgIpc) is 2.61. The van der Waals surface area contributed by atoms with E-state index in [2.05, 4.69) is 5.32 Å². The minimum absolute atomic E-state index is 0.0909. The lowest BCUT2D eigenvalue weighted by Crippen LogP contribution is -2.37. The lowest BCUT2D eigenvalue weighted by Gasteiger charge is -2.12. The molecule has 2 aromatic rings. The van der Waals surface area contributed by atoms with Gasteiger partial charge in [0.25, 0.3) is 5.69 Å². The smallest absolute Gasteiger partial charge is 0.308 e. The molecule has 8 heteroatoms. The normalized spacial score (nSPS) is 11.4. The summed E-state index contributed by atoms with van der Waals surface area (Å²) in [6.45, 7) is 0.108. The van der Waals surface area contributed by atoms with Gasteiger partial charge in [-0.1, -0.05) is 30.3 Å². The molecule has 0 heterocycles. The Labute approximate surface area is 143 Å². The van der Waals surface area contributed by atoms with Crippen molar-refractivity contribution >= 4 is 23.3 Å². The van der Waals surface area contributed by atoms with Gasteiger partial charge in [-0.05, 0) is 17.7 Å². The molecule has 3 N–H and O–H groups in total. The van der Waals surface area contributed by atoms with Crippen molar-refractivity contribution in [2.24, 2.45) is 5.73 Å². The number of hydrogen-bond acceptors (Lipinski definition) is 6. The third-order valence-corrected chi connectivity index (χ3v) is 3.31. The summed E-state index contributed by atoms with van der Waals surface area (Å²) in [6, 6.07) is 13.3. The van der Waals surface area contributed by atoms with Crippen molar-refractivity contribution in [2.45, 2.75) is 19.1 Å². The molecular weight excluding hydrogens is 326 g/mol. The Hall–Kier alpha value is -3.26. The standard InChI is InChI=1S/C17H17N3O5/c18-15(10-16(21)25-11-12-4-2-1-3-5-12)17(22)19-13-6-8-14(9-7-13)20(23)24/h1-9,15H,10-11,18H2,(H,19,22)/t15-/m0/s1. The maximum atomic E-state index is 12.0. The van der Waals surface area contributed by atoms with Crippen molar-refractivity contribution in [3.05, 3.63) is 70.3 Å². The van der Waals surface area contributed by atoms with Gasteiger partial charge in [0.2, 0.25) is 5.91 Å². The molecule has 0 aliphatic heterocycles. The van der Waals surface area contributed by atoms with E-state index >= 15 is 0 Å². The van der Waals surface area contributed by atoms with Crippen LogP contribution in [-0.2, 0) is 20.9 Å². The lowest BCUT2D eigenvalue weighted by molar-refractivity contribution is -0.384. The van der Waals surface area contributed by atoms with Crippen LogP contribution in [0, 0.1) is 10.1 Å². The quantitative estimate of drug-likeness (QED) is 0.450. The summed E-state index contributed by atoms with van der Waals surface area (Å²) < 4.78 is 5.07. The Kier molecular flexibility index (Phi) is 6.19. The molecule has 1 atom stereocenters. The number of carbonyl (C=O) groups excluding carboxylic acids is 2. The number of nitrogens with zero attached hydrogens (tertiary/aromatic N) is 1. The molecule has 0 saturated heterocycles. The van der Waals surface area contributed by atoms with E-state index in [9.17, 15) is 19.7 Å². The molecule has 0 radical (unpaired) electrons. The Morgan fingerprint density at radius 1 is 1.12 bits per heavy atom. The number of anilines is 1. The second-order valence-corrected chi connectivity index (χ2v) is 5.25. The Morgan fingerprint density at radius 3 is 2.36 bits per heavy atom. The zero-order chi connectivity index (χ0) is 18.2. The number of hydrogen-bond donors (Lipinski definition) is 2. The van der Waals surface area contributed by atoms with Gasteiger partial charge < -0.3 is 15.8 Å². The van der Waals surface area contributed by atoms with Crippen LogP contribution in [0.2, 0.25) is 0 Å². The molecule has 25 heavy (non-hydrogen) atoms. The van der Waals surface area contributed by atoms with Gasteiger partial charge in [-0.2, -0.15) is 0 Å². The number of amides is 1. The molecule has 0 unspecified atom stereocenters. The molecule has 0 aliphatic carbocycles. The van der Waals surface area contributed by atoms with Crippen molar-refractivity contribution in [1.29, 1.82) is 0 Å². The first-order chi connectivity index (χ1) is 12.0. The average molecular weight is 343 g/mol. The molecule has 0 spiro atoms. The molecule has 1 amide bonds. The van der Waals surface area contributed by atoms with Gasteiger partial charge in [0.15, 0.2) is 0 Å². The highest BCUT2D eigenvalue weighted by Gasteiger charge is 2.19. The number of ether oxygens (including phenoxy) is 1. The fraction of sp³-hybridized carbons (Fsp3) is 0.176. The number of non-ortho nitro benzene ring substituents is 1. The summed E-state index contributed by atoms with van der Waals surface area (Å²) in [7, 11) is 0. The Balaban J connectivity index is 1.81. The molecule has 2 aromatic carbocycles. The second kappa shape index (κ2) is 8.55. The van der Waals surface area contributed by atoms with Crippen LogP contribution < -0.4 is 11.1 Å². The van der Waals surface area contributed by atoms with Crippen molar-refractivity contribution in [2.75, 3.05) is 5.32 Å². The van der Waals surface area contributed by atoms with Gasteiger partial charge in [0.05, 0.1) is 17.4 Å². The fourth-order valence-corrected chi connectivity index (χ4v) is 1.97. The monoisotopic (exact) mass is 343 g/mol. The van der Waals surface area contributed by atoms with Crippen LogP contribution in [0.15, 0.2) is 54.6 Å². The highest BCUT2D eigenvalue weighted by Crippen LogP contribution is 2.15. The van der Waals surface area contributed by atoms with E-state index < -0.39 is 22.8 Å². The number of nitrogens with two attached hydrogens (primary N) is 1. The SMILES string of the molecule is N[C@@H](CC(=O)OCc1ccccc1)C(=O)Nc1ccc([N+](=O)[O-])cc1. The summed E-state index contributed by atoms with van der Waals surface area (Å²) >= 11 is 0. The van der Waals surface area contributed by atoms with Gasteiger partial charge in [0, 0.05) is 17.8 Å². The van der Waals surface area contributed by atoms with Crippen molar-refractivity contribution in [1.82, 2.24) is 0 Å². The summed E-state index contributed by atoms with van der Waals surface area (Å²) in [4.78, 5) is 33.7. The fourth-order valence-electron chi connectivity index (χ4n) is 1.97. The van der Waals surface area contributed by atoms with E-state index in [-0.39, 0.29) is 18.7 Å². The molecule has 0 aliphatic rings. The minimum Gasteiger partial charge on any atom is -0.461 e. The number of nitro benzene ring substituents is 1. The molecule has 0 aromatic heterocycles. The van der Waals surface area contributed by atoms with E-state index in [0.717, 1.165) is 5.56 Å². The Bertz CT molecular complexity index is 747.